The molecule has 1 aliphatic rings. The second-order valence-electron chi connectivity index (χ2n) is 6.51. The number of nitrogens with zero attached hydrogens (tertiary/aromatic N) is 3. The Morgan fingerprint density at radius 1 is 1.32 bits per heavy atom. The highest BCUT2D eigenvalue weighted by atomic mass is 32.1. The van der Waals surface area contributed by atoms with Crippen LogP contribution in [0.1, 0.15) is 24.1 Å². The Morgan fingerprint density at radius 2 is 2.08 bits per heavy atom. The van der Waals surface area contributed by atoms with Crippen LogP contribution in [0, 0.1) is 12.8 Å². The third-order valence-corrected chi connectivity index (χ3v) is 5.58. The van der Waals surface area contributed by atoms with E-state index < -0.39 is 0 Å². The number of aromatic nitrogens is 1. The number of piperidine rings is 1. The summed E-state index contributed by atoms with van der Waals surface area (Å²) in [4.78, 5) is 33.2. The predicted octanol–water partition coefficient (Wildman–Crippen LogP) is 2.90. The van der Waals surface area contributed by atoms with E-state index in [9.17, 15) is 9.59 Å². The maximum absolute atomic E-state index is 12.8. The summed E-state index contributed by atoms with van der Waals surface area (Å²) in [6.45, 7) is 3.15. The van der Waals surface area contributed by atoms with E-state index in [2.05, 4.69) is 4.98 Å². The Hall–Kier alpha value is -2.21. The van der Waals surface area contributed by atoms with E-state index in [1.807, 2.05) is 47.5 Å². The van der Waals surface area contributed by atoms with Crippen LogP contribution in [0.4, 0.5) is 5.13 Å². The van der Waals surface area contributed by atoms with E-state index in [1.165, 1.54) is 11.3 Å². The Morgan fingerprint density at radius 3 is 2.76 bits per heavy atom. The molecular formula is C19H23N3O2S. The third kappa shape index (κ3) is 4.25. The van der Waals surface area contributed by atoms with Crippen LogP contribution in [-0.4, -0.2) is 41.8 Å². The summed E-state index contributed by atoms with van der Waals surface area (Å²) in [5.41, 5.74) is 1.93. The van der Waals surface area contributed by atoms with Gasteiger partial charge in [0.05, 0.1) is 18.0 Å². The molecule has 25 heavy (non-hydrogen) atoms. The Balaban J connectivity index is 1.62. The average molecular weight is 357 g/mol. The van der Waals surface area contributed by atoms with Gasteiger partial charge >= 0.3 is 0 Å². The Labute approximate surface area is 152 Å². The standard InChI is InChI=1S/C19H23N3O2S/c1-14-13-25-19(20-14)21(2)18(24)16-9-6-10-22(12-16)17(23)11-15-7-4-3-5-8-15/h3-5,7-8,13,16H,6,9-12H2,1-2H3. The van der Waals surface area contributed by atoms with Crippen molar-refractivity contribution < 1.29 is 9.59 Å². The van der Waals surface area contributed by atoms with Crippen LogP contribution in [0.25, 0.3) is 0 Å². The van der Waals surface area contributed by atoms with E-state index in [-0.39, 0.29) is 17.7 Å². The fourth-order valence-corrected chi connectivity index (χ4v) is 3.92. The molecule has 2 amide bonds. The van der Waals surface area contributed by atoms with Crippen molar-refractivity contribution in [1.29, 1.82) is 0 Å². The van der Waals surface area contributed by atoms with Crippen LogP contribution in [0.5, 0.6) is 0 Å². The molecule has 1 aromatic heterocycles. The van der Waals surface area contributed by atoms with Gasteiger partial charge in [0.25, 0.3) is 0 Å². The second-order valence-corrected chi connectivity index (χ2v) is 7.35. The molecule has 1 aliphatic heterocycles. The molecular weight excluding hydrogens is 334 g/mol. The van der Waals surface area contributed by atoms with E-state index in [0.717, 1.165) is 35.8 Å². The van der Waals surface area contributed by atoms with Gasteiger partial charge in [0.15, 0.2) is 5.13 Å². The molecule has 0 N–H and O–H groups in total. The highest BCUT2D eigenvalue weighted by Crippen LogP contribution is 2.24. The van der Waals surface area contributed by atoms with Gasteiger partial charge in [0.1, 0.15) is 0 Å². The number of rotatable bonds is 4. The summed E-state index contributed by atoms with van der Waals surface area (Å²) in [5.74, 6) is -0.00862. The molecule has 0 bridgehead atoms. The molecule has 1 unspecified atom stereocenters. The monoisotopic (exact) mass is 357 g/mol. The third-order valence-electron chi connectivity index (χ3n) is 4.55. The largest absolute Gasteiger partial charge is 0.342 e. The molecule has 1 atom stereocenters. The second kappa shape index (κ2) is 7.78. The van der Waals surface area contributed by atoms with Gasteiger partial charge in [-0.25, -0.2) is 4.98 Å². The molecule has 0 spiro atoms. The van der Waals surface area contributed by atoms with Crippen LogP contribution in [-0.2, 0) is 16.0 Å². The first-order valence-corrected chi connectivity index (χ1v) is 9.44. The van der Waals surface area contributed by atoms with Gasteiger partial charge in [-0.2, -0.15) is 0 Å². The lowest BCUT2D eigenvalue weighted by Crippen LogP contribution is -2.46. The number of aryl methyl sites for hydroxylation is 1. The maximum atomic E-state index is 12.8. The number of hydrogen-bond acceptors (Lipinski definition) is 4. The smallest absolute Gasteiger partial charge is 0.233 e. The van der Waals surface area contributed by atoms with Crippen molar-refractivity contribution in [3.8, 4) is 0 Å². The highest BCUT2D eigenvalue weighted by Gasteiger charge is 2.31. The number of carbonyl (C=O) groups excluding carboxylic acids is 2. The summed E-state index contributed by atoms with van der Waals surface area (Å²) in [5, 5.41) is 2.66. The first-order chi connectivity index (χ1) is 12.0. The fraction of sp³-hybridized carbons (Fsp3) is 0.421. The van der Waals surface area contributed by atoms with E-state index in [1.54, 1.807) is 11.9 Å². The number of likely N-dealkylation sites (tertiary alicyclic amines) is 1. The van der Waals surface area contributed by atoms with Gasteiger partial charge in [-0.1, -0.05) is 30.3 Å². The first kappa shape index (κ1) is 17.6. The lowest BCUT2D eigenvalue weighted by Gasteiger charge is -2.33. The van der Waals surface area contributed by atoms with Crippen LogP contribution in [0.2, 0.25) is 0 Å². The lowest BCUT2D eigenvalue weighted by molar-refractivity contribution is -0.134. The predicted molar refractivity (Wildman–Crippen MR) is 99.7 cm³/mol. The van der Waals surface area contributed by atoms with Crippen LogP contribution < -0.4 is 4.90 Å². The quantitative estimate of drug-likeness (QED) is 0.845. The van der Waals surface area contributed by atoms with Crippen LogP contribution in [0.3, 0.4) is 0 Å². The van der Waals surface area contributed by atoms with Crippen molar-refractivity contribution >= 4 is 28.3 Å². The van der Waals surface area contributed by atoms with Crippen LogP contribution >= 0.6 is 11.3 Å². The molecule has 5 nitrogen and oxygen atoms in total. The van der Waals surface area contributed by atoms with Crippen molar-refractivity contribution in [2.24, 2.45) is 5.92 Å². The number of thiazole rings is 1. The maximum Gasteiger partial charge on any atom is 0.233 e. The average Bonchev–Trinajstić information content (AvgIpc) is 3.08. The summed E-state index contributed by atoms with van der Waals surface area (Å²) in [7, 11) is 1.77. The summed E-state index contributed by atoms with van der Waals surface area (Å²) >= 11 is 1.47. The van der Waals surface area contributed by atoms with Crippen LogP contribution in [0.15, 0.2) is 35.7 Å². The van der Waals surface area contributed by atoms with E-state index >= 15 is 0 Å². The highest BCUT2D eigenvalue weighted by molar-refractivity contribution is 7.14. The van der Waals surface area contributed by atoms with Crippen molar-refractivity contribution in [2.75, 3.05) is 25.0 Å². The van der Waals surface area contributed by atoms with Crippen molar-refractivity contribution in [2.45, 2.75) is 26.2 Å². The topological polar surface area (TPSA) is 53.5 Å². The molecule has 1 saturated heterocycles. The number of benzene rings is 1. The summed E-state index contributed by atoms with van der Waals surface area (Å²) in [6.07, 6.45) is 2.08. The van der Waals surface area contributed by atoms with Crippen molar-refractivity contribution in [3.63, 3.8) is 0 Å². The number of anilines is 1. The molecule has 132 valence electrons. The SMILES string of the molecule is Cc1csc(N(C)C(=O)C2CCCN(C(=O)Cc3ccccc3)C2)n1. The molecule has 0 aliphatic carbocycles. The molecule has 2 heterocycles. The zero-order valence-corrected chi connectivity index (χ0v) is 15.5. The van der Waals surface area contributed by atoms with Crippen molar-refractivity contribution in [1.82, 2.24) is 9.88 Å². The van der Waals surface area contributed by atoms with Gasteiger partial charge in [-0.15, -0.1) is 11.3 Å². The van der Waals surface area contributed by atoms with Gasteiger partial charge < -0.3 is 4.90 Å². The molecule has 2 aromatic rings. The molecule has 0 saturated carbocycles. The van der Waals surface area contributed by atoms with E-state index in [4.69, 9.17) is 0 Å². The zero-order chi connectivity index (χ0) is 17.8. The minimum Gasteiger partial charge on any atom is -0.342 e. The molecule has 6 heteroatoms. The molecule has 3 rings (SSSR count). The minimum absolute atomic E-state index is 0.0477. The van der Waals surface area contributed by atoms with Gasteiger partial charge in [0, 0.05) is 25.5 Å². The lowest BCUT2D eigenvalue weighted by atomic mass is 9.96. The first-order valence-electron chi connectivity index (χ1n) is 8.56. The fourth-order valence-electron chi connectivity index (χ4n) is 3.15. The Kier molecular flexibility index (Phi) is 5.48. The van der Waals surface area contributed by atoms with Gasteiger partial charge in [0.2, 0.25) is 11.8 Å². The molecule has 1 aromatic carbocycles. The number of carbonyl (C=O) groups is 2. The zero-order valence-electron chi connectivity index (χ0n) is 14.6. The molecule has 0 radical (unpaired) electrons. The normalized spacial score (nSPS) is 17.4. The number of amides is 2. The van der Waals surface area contributed by atoms with Crippen molar-refractivity contribution in [3.05, 3.63) is 47.0 Å². The minimum atomic E-state index is -0.150. The molecule has 1 fully saturated rings. The number of hydrogen-bond donors (Lipinski definition) is 0. The van der Waals surface area contributed by atoms with Gasteiger partial charge in [-0.05, 0) is 25.3 Å². The Bertz CT molecular complexity index is 744. The van der Waals surface area contributed by atoms with E-state index in [0.29, 0.717) is 13.0 Å². The van der Waals surface area contributed by atoms with Gasteiger partial charge in [-0.3, -0.25) is 14.5 Å². The summed E-state index contributed by atoms with van der Waals surface area (Å²) in [6, 6.07) is 9.75. The summed E-state index contributed by atoms with van der Waals surface area (Å²) < 4.78 is 0.